The molecule has 6 aromatic rings. The second-order valence-electron chi connectivity index (χ2n) is 10.5. The first-order valence-corrected chi connectivity index (χ1v) is 14.5. The number of tetrazole rings is 1. The number of rotatable bonds is 9. The zero-order chi connectivity index (χ0) is 30.0. The summed E-state index contributed by atoms with van der Waals surface area (Å²) in [6, 6.07) is 30.1. The highest BCUT2D eigenvalue weighted by molar-refractivity contribution is 6.28. The summed E-state index contributed by atoms with van der Waals surface area (Å²) in [6.07, 6.45) is -3.23. The van der Waals surface area contributed by atoms with Gasteiger partial charge in [-0.1, -0.05) is 91.0 Å². The Morgan fingerprint density at radius 2 is 1.52 bits per heavy atom. The van der Waals surface area contributed by atoms with Crippen LogP contribution in [0.3, 0.4) is 0 Å². The Labute approximate surface area is 257 Å². The molecule has 1 fully saturated rings. The molecule has 0 radical (unpaired) electrons. The van der Waals surface area contributed by atoms with Crippen LogP contribution in [0.15, 0.2) is 97.3 Å². The molecule has 0 saturated carbocycles. The van der Waals surface area contributed by atoms with Crippen LogP contribution >= 0.6 is 11.6 Å². The number of halogens is 1. The van der Waals surface area contributed by atoms with E-state index in [-0.39, 0.29) is 17.0 Å². The summed E-state index contributed by atoms with van der Waals surface area (Å²) in [7, 11) is 0. The molecule has 3 N–H and O–H groups in total. The van der Waals surface area contributed by atoms with Gasteiger partial charge in [0.15, 0.2) is 29.3 Å². The Bertz CT molecular complexity index is 1810. The van der Waals surface area contributed by atoms with E-state index in [9.17, 15) is 10.2 Å². The van der Waals surface area contributed by atoms with Gasteiger partial charge in [0.2, 0.25) is 11.1 Å². The number of ether oxygens (including phenoxy) is 1. The fraction of sp³-hybridized carbons (Fsp3) is 0.226. The minimum absolute atomic E-state index is 0.00664. The van der Waals surface area contributed by atoms with Crippen molar-refractivity contribution < 1.29 is 14.9 Å². The van der Waals surface area contributed by atoms with Gasteiger partial charge in [-0.05, 0) is 33.5 Å². The summed E-state index contributed by atoms with van der Waals surface area (Å²) >= 11 is 6.38. The summed E-state index contributed by atoms with van der Waals surface area (Å²) in [4.78, 5) is 14.7. The van der Waals surface area contributed by atoms with E-state index in [0.29, 0.717) is 30.1 Å². The van der Waals surface area contributed by atoms with Crippen molar-refractivity contribution in [2.75, 3.05) is 11.9 Å². The average molecular weight is 610 g/mol. The molecular formula is C31H28ClN9O3. The minimum Gasteiger partial charge on any atom is -0.387 e. The average Bonchev–Trinajstić information content (AvgIpc) is 3.76. The molecule has 1 aliphatic heterocycles. The summed E-state index contributed by atoms with van der Waals surface area (Å²) in [5.74, 6) is 0.620. The molecule has 0 amide bonds. The Balaban J connectivity index is 1.14. The molecule has 4 heterocycles. The number of aromatic nitrogens is 8. The number of aliphatic hydroxyl groups excluding tert-OH is 2. The largest absolute Gasteiger partial charge is 0.387 e. The molecule has 7 rings (SSSR count). The van der Waals surface area contributed by atoms with Crippen LogP contribution in [-0.4, -0.2) is 68.7 Å². The summed E-state index contributed by atoms with van der Waals surface area (Å²) in [5.41, 5.74) is 4.05. The van der Waals surface area contributed by atoms with Gasteiger partial charge in [0, 0.05) is 12.5 Å². The van der Waals surface area contributed by atoms with Crippen LogP contribution in [-0.2, 0) is 11.3 Å². The van der Waals surface area contributed by atoms with Crippen molar-refractivity contribution in [3.8, 4) is 0 Å². The van der Waals surface area contributed by atoms with E-state index in [1.54, 1.807) is 0 Å². The standard InChI is InChI=1S/C31H28ClN9O3/c32-31-35-27(33-16-22(20-12-6-2-7-13-20)21-14-8-3-9-15-21)23-29(36-31)40(18-34-23)30-25(43)24(42)26(44-30)28-37-39-41(38-28)17-19-10-4-1-5-11-19/h1-15,18,22,24-26,30,42-43H,16-17H2,(H,33,35,36)/t24-,25+,26?,30+/m0/s1. The van der Waals surface area contributed by atoms with Crippen LogP contribution in [0.5, 0.6) is 0 Å². The zero-order valence-electron chi connectivity index (χ0n) is 23.3. The highest BCUT2D eigenvalue weighted by atomic mass is 35.5. The Kier molecular flexibility index (Phi) is 7.71. The van der Waals surface area contributed by atoms with E-state index in [1.807, 2.05) is 66.7 Å². The lowest BCUT2D eigenvalue weighted by atomic mass is 9.91. The van der Waals surface area contributed by atoms with Gasteiger partial charge in [0.1, 0.15) is 12.2 Å². The van der Waals surface area contributed by atoms with Crippen LogP contribution in [0.4, 0.5) is 5.82 Å². The molecule has 12 nitrogen and oxygen atoms in total. The number of nitrogens with zero attached hydrogens (tertiary/aromatic N) is 8. The van der Waals surface area contributed by atoms with Crippen LogP contribution in [0.25, 0.3) is 11.2 Å². The van der Waals surface area contributed by atoms with Gasteiger partial charge < -0.3 is 20.3 Å². The van der Waals surface area contributed by atoms with E-state index >= 15 is 0 Å². The second-order valence-corrected chi connectivity index (χ2v) is 10.9. The lowest BCUT2D eigenvalue weighted by Gasteiger charge is -2.19. The molecule has 0 spiro atoms. The van der Waals surface area contributed by atoms with Gasteiger partial charge in [-0.25, -0.2) is 4.98 Å². The molecule has 3 aromatic heterocycles. The summed E-state index contributed by atoms with van der Waals surface area (Å²) < 4.78 is 7.63. The predicted octanol–water partition coefficient (Wildman–Crippen LogP) is 3.75. The number of hydrogen-bond donors (Lipinski definition) is 3. The van der Waals surface area contributed by atoms with Gasteiger partial charge >= 0.3 is 0 Å². The van der Waals surface area contributed by atoms with Gasteiger partial charge in [-0.3, -0.25) is 4.57 Å². The maximum absolute atomic E-state index is 11.0. The van der Waals surface area contributed by atoms with Crippen LogP contribution in [0.1, 0.15) is 40.8 Å². The minimum atomic E-state index is -1.33. The fourth-order valence-corrected chi connectivity index (χ4v) is 5.65. The SMILES string of the molecule is O[C@@H]1[C@H](O)C(c2nnn(Cc3ccccc3)n2)O[C@H]1n1cnc2c(NCC(c3ccccc3)c3ccccc3)nc(Cl)nc21. The number of aliphatic hydroxyl groups is 2. The van der Waals surface area contributed by atoms with E-state index in [0.717, 1.165) is 16.7 Å². The van der Waals surface area contributed by atoms with Crippen molar-refractivity contribution in [3.05, 3.63) is 125 Å². The quantitative estimate of drug-likeness (QED) is 0.207. The number of fused-ring (bicyclic) bond motifs is 1. The van der Waals surface area contributed by atoms with Crippen LogP contribution < -0.4 is 5.32 Å². The molecule has 44 heavy (non-hydrogen) atoms. The molecule has 0 bridgehead atoms. The molecule has 4 atom stereocenters. The smallest absolute Gasteiger partial charge is 0.226 e. The first kappa shape index (κ1) is 28.0. The van der Waals surface area contributed by atoms with Crippen molar-refractivity contribution in [1.29, 1.82) is 0 Å². The molecule has 3 aromatic carbocycles. The molecule has 1 saturated heterocycles. The summed E-state index contributed by atoms with van der Waals surface area (Å²) in [5, 5.41) is 37.9. The lowest BCUT2D eigenvalue weighted by Crippen LogP contribution is -2.29. The normalized spacial score (nSPS) is 20.0. The van der Waals surface area contributed by atoms with Crippen molar-refractivity contribution in [3.63, 3.8) is 0 Å². The Morgan fingerprint density at radius 3 is 2.20 bits per heavy atom. The van der Waals surface area contributed by atoms with Crippen LogP contribution in [0, 0.1) is 0 Å². The van der Waals surface area contributed by atoms with Gasteiger partial charge in [-0.2, -0.15) is 14.8 Å². The fourth-order valence-electron chi connectivity index (χ4n) is 5.48. The van der Waals surface area contributed by atoms with Gasteiger partial charge in [0.25, 0.3) is 0 Å². The second kappa shape index (κ2) is 12.1. The molecule has 1 aliphatic rings. The number of anilines is 1. The third-order valence-corrected chi connectivity index (χ3v) is 7.84. The number of imidazole rings is 1. The molecule has 1 unspecified atom stereocenters. The zero-order valence-corrected chi connectivity index (χ0v) is 24.1. The van der Waals surface area contributed by atoms with Crippen molar-refractivity contribution in [2.24, 2.45) is 0 Å². The van der Waals surface area contributed by atoms with E-state index in [2.05, 4.69) is 59.9 Å². The Hall–Kier alpha value is -4.75. The first-order valence-electron chi connectivity index (χ1n) is 14.1. The maximum atomic E-state index is 11.0. The van der Waals surface area contributed by atoms with Crippen molar-refractivity contribution in [1.82, 2.24) is 39.7 Å². The maximum Gasteiger partial charge on any atom is 0.226 e. The molecular weight excluding hydrogens is 582 g/mol. The van der Waals surface area contributed by atoms with Gasteiger partial charge in [0.05, 0.1) is 12.9 Å². The van der Waals surface area contributed by atoms with Crippen molar-refractivity contribution in [2.45, 2.75) is 37.0 Å². The number of nitrogens with one attached hydrogen (secondary N) is 1. The molecule has 0 aliphatic carbocycles. The lowest BCUT2D eigenvalue weighted by molar-refractivity contribution is -0.0384. The summed E-state index contributed by atoms with van der Waals surface area (Å²) in [6.45, 7) is 0.909. The topological polar surface area (TPSA) is 149 Å². The Morgan fingerprint density at radius 1 is 0.864 bits per heavy atom. The number of hydrogen-bond acceptors (Lipinski definition) is 10. The van der Waals surface area contributed by atoms with E-state index < -0.39 is 24.5 Å². The predicted molar refractivity (Wildman–Crippen MR) is 162 cm³/mol. The van der Waals surface area contributed by atoms with E-state index in [4.69, 9.17) is 16.3 Å². The number of benzene rings is 3. The third-order valence-electron chi connectivity index (χ3n) is 7.67. The monoisotopic (exact) mass is 609 g/mol. The van der Waals surface area contributed by atoms with Crippen molar-refractivity contribution >= 4 is 28.6 Å². The molecule has 13 heteroatoms. The first-order chi connectivity index (χ1) is 21.5. The highest BCUT2D eigenvalue weighted by Gasteiger charge is 2.47. The van der Waals surface area contributed by atoms with Gasteiger partial charge in [-0.15, -0.1) is 10.2 Å². The van der Waals surface area contributed by atoms with E-state index in [1.165, 1.54) is 15.7 Å². The molecule has 222 valence electrons. The highest BCUT2D eigenvalue weighted by Crippen LogP contribution is 2.39. The van der Waals surface area contributed by atoms with Crippen LogP contribution in [0.2, 0.25) is 5.28 Å². The third kappa shape index (κ3) is 5.51.